The van der Waals surface area contributed by atoms with E-state index in [0.717, 1.165) is 13.0 Å². The lowest BCUT2D eigenvalue weighted by atomic mass is 10.1. The first kappa shape index (κ1) is 8.49. The number of hydrogen-bond acceptors (Lipinski definition) is 3. The second-order valence-electron chi connectivity index (χ2n) is 2.86. The van der Waals surface area contributed by atoms with Gasteiger partial charge in [-0.2, -0.15) is 0 Å². The molecule has 0 aliphatic carbocycles. The highest BCUT2D eigenvalue weighted by molar-refractivity contribution is 5.48. The van der Waals surface area contributed by atoms with Gasteiger partial charge in [0.1, 0.15) is 0 Å². The molecular weight excluding hydrogens is 144 g/mol. The maximum Gasteiger partial charge on any atom is 0.210 e. The van der Waals surface area contributed by atoms with E-state index in [2.05, 4.69) is 5.32 Å². The van der Waals surface area contributed by atoms with E-state index in [1.54, 1.807) is 11.8 Å². The maximum absolute atomic E-state index is 10.5. The molecule has 0 bridgehead atoms. The van der Waals surface area contributed by atoms with Gasteiger partial charge in [-0.3, -0.25) is 4.79 Å². The first-order valence-electron chi connectivity index (χ1n) is 3.85. The number of hydrogen-bond donors (Lipinski definition) is 2. The summed E-state index contributed by atoms with van der Waals surface area (Å²) < 4.78 is 0. The summed E-state index contributed by atoms with van der Waals surface area (Å²) in [5, 5.41) is 12.4. The molecule has 1 aliphatic rings. The van der Waals surface area contributed by atoms with Crippen LogP contribution in [0.25, 0.3) is 0 Å². The van der Waals surface area contributed by atoms with E-state index >= 15 is 0 Å². The van der Waals surface area contributed by atoms with Crippen molar-refractivity contribution in [3.63, 3.8) is 0 Å². The zero-order valence-corrected chi connectivity index (χ0v) is 6.66. The van der Waals surface area contributed by atoms with Crippen LogP contribution in [0, 0.1) is 0 Å². The van der Waals surface area contributed by atoms with Crippen LogP contribution in [-0.2, 0) is 4.79 Å². The maximum atomic E-state index is 10.5. The van der Waals surface area contributed by atoms with Gasteiger partial charge in [-0.05, 0) is 6.92 Å². The Kier molecular flexibility index (Phi) is 2.84. The van der Waals surface area contributed by atoms with Gasteiger partial charge in [-0.1, -0.05) is 0 Å². The van der Waals surface area contributed by atoms with Crippen LogP contribution in [0.4, 0.5) is 0 Å². The molecule has 0 radical (unpaired) electrons. The summed E-state index contributed by atoms with van der Waals surface area (Å²) in [6.45, 7) is 3.91. The SMILES string of the molecule is CC(O)C1CNCCN1C=O. The number of piperazine rings is 1. The molecule has 1 saturated heterocycles. The first-order chi connectivity index (χ1) is 5.25. The second kappa shape index (κ2) is 3.69. The van der Waals surface area contributed by atoms with Crippen LogP contribution in [0.2, 0.25) is 0 Å². The Morgan fingerprint density at radius 1 is 1.82 bits per heavy atom. The van der Waals surface area contributed by atoms with Crippen LogP contribution in [-0.4, -0.2) is 48.2 Å². The average molecular weight is 158 g/mol. The Morgan fingerprint density at radius 3 is 3.00 bits per heavy atom. The summed E-state index contributed by atoms with van der Waals surface area (Å²) in [6, 6.07) is -0.0544. The monoisotopic (exact) mass is 158 g/mol. The topological polar surface area (TPSA) is 52.6 Å². The van der Waals surface area contributed by atoms with Crippen molar-refractivity contribution in [2.45, 2.75) is 19.1 Å². The van der Waals surface area contributed by atoms with Crippen LogP contribution in [0.5, 0.6) is 0 Å². The van der Waals surface area contributed by atoms with E-state index in [1.165, 1.54) is 0 Å². The van der Waals surface area contributed by atoms with Gasteiger partial charge in [0.2, 0.25) is 6.41 Å². The number of amides is 1. The normalized spacial score (nSPS) is 28.2. The van der Waals surface area contributed by atoms with Gasteiger partial charge < -0.3 is 15.3 Å². The molecule has 0 saturated carbocycles. The molecule has 0 spiro atoms. The summed E-state index contributed by atoms with van der Waals surface area (Å²) in [5.41, 5.74) is 0. The molecule has 64 valence electrons. The minimum absolute atomic E-state index is 0.0544. The molecule has 1 aliphatic heterocycles. The predicted molar refractivity (Wildman–Crippen MR) is 41.1 cm³/mol. The Bertz CT molecular complexity index is 138. The molecule has 1 rings (SSSR count). The van der Waals surface area contributed by atoms with E-state index in [4.69, 9.17) is 0 Å². The second-order valence-corrected chi connectivity index (χ2v) is 2.86. The number of aliphatic hydroxyl groups is 1. The van der Waals surface area contributed by atoms with E-state index in [9.17, 15) is 9.90 Å². The Balaban J connectivity index is 2.51. The molecule has 1 fully saturated rings. The quantitative estimate of drug-likeness (QED) is 0.496. The summed E-state index contributed by atoms with van der Waals surface area (Å²) in [5.74, 6) is 0. The van der Waals surface area contributed by atoms with Crippen molar-refractivity contribution in [3.05, 3.63) is 0 Å². The molecule has 2 atom stereocenters. The molecule has 0 aromatic rings. The van der Waals surface area contributed by atoms with E-state index in [1.807, 2.05) is 0 Å². The zero-order chi connectivity index (χ0) is 8.27. The third kappa shape index (κ3) is 1.91. The van der Waals surface area contributed by atoms with Crippen LogP contribution in [0.3, 0.4) is 0 Å². The van der Waals surface area contributed by atoms with Crippen molar-refractivity contribution in [2.24, 2.45) is 0 Å². The molecule has 11 heavy (non-hydrogen) atoms. The lowest BCUT2D eigenvalue weighted by molar-refractivity contribution is -0.123. The highest BCUT2D eigenvalue weighted by Crippen LogP contribution is 2.04. The van der Waals surface area contributed by atoms with Crippen LogP contribution >= 0.6 is 0 Å². The van der Waals surface area contributed by atoms with Gasteiger partial charge in [-0.15, -0.1) is 0 Å². The smallest absolute Gasteiger partial charge is 0.210 e. The Hall–Kier alpha value is -0.610. The summed E-state index contributed by atoms with van der Waals surface area (Å²) in [4.78, 5) is 12.1. The summed E-state index contributed by atoms with van der Waals surface area (Å²) in [7, 11) is 0. The lowest BCUT2D eigenvalue weighted by Crippen LogP contribution is -2.54. The standard InChI is InChI=1S/C7H14N2O2/c1-6(11)7-4-8-2-3-9(7)5-10/h5-8,11H,2-4H2,1H3. The summed E-state index contributed by atoms with van der Waals surface area (Å²) in [6.07, 6.45) is 0.353. The van der Waals surface area contributed by atoms with E-state index in [-0.39, 0.29) is 6.04 Å². The van der Waals surface area contributed by atoms with Crippen molar-refractivity contribution in [1.29, 1.82) is 0 Å². The fourth-order valence-corrected chi connectivity index (χ4v) is 1.32. The molecule has 4 heteroatoms. The number of carbonyl (C=O) groups is 1. The van der Waals surface area contributed by atoms with Crippen LogP contribution in [0.1, 0.15) is 6.92 Å². The minimum atomic E-state index is -0.451. The number of rotatable bonds is 2. The first-order valence-corrected chi connectivity index (χ1v) is 3.85. The Labute approximate surface area is 66.2 Å². The fourth-order valence-electron chi connectivity index (χ4n) is 1.32. The van der Waals surface area contributed by atoms with Crippen molar-refractivity contribution in [3.8, 4) is 0 Å². The fraction of sp³-hybridized carbons (Fsp3) is 0.857. The van der Waals surface area contributed by atoms with Crippen molar-refractivity contribution in [1.82, 2.24) is 10.2 Å². The largest absolute Gasteiger partial charge is 0.391 e. The average Bonchev–Trinajstić information content (AvgIpc) is 2.04. The molecule has 2 N–H and O–H groups in total. The van der Waals surface area contributed by atoms with Gasteiger partial charge in [-0.25, -0.2) is 0 Å². The lowest BCUT2D eigenvalue weighted by Gasteiger charge is -2.34. The minimum Gasteiger partial charge on any atom is -0.391 e. The molecular formula is C7H14N2O2. The molecule has 0 aromatic heterocycles. The van der Waals surface area contributed by atoms with Crippen LogP contribution in [0.15, 0.2) is 0 Å². The van der Waals surface area contributed by atoms with Crippen LogP contribution < -0.4 is 5.32 Å². The van der Waals surface area contributed by atoms with E-state index in [0.29, 0.717) is 13.1 Å². The van der Waals surface area contributed by atoms with Crippen molar-refractivity contribution in [2.75, 3.05) is 19.6 Å². The molecule has 1 amide bonds. The Morgan fingerprint density at radius 2 is 2.55 bits per heavy atom. The van der Waals surface area contributed by atoms with Gasteiger partial charge in [0.25, 0.3) is 0 Å². The number of nitrogens with one attached hydrogen (secondary N) is 1. The van der Waals surface area contributed by atoms with Gasteiger partial charge >= 0.3 is 0 Å². The highest BCUT2D eigenvalue weighted by Gasteiger charge is 2.24. The van der Waals surface area contributed by atoms with Gasteiger partial charge in [0.05, 0.1) is 12.1 Å². The predicted octanol–water partition coefficient (Wildman–Crippen LogP) is -1.20. The molecule has 0 aromatic carbocycles. The third-order valence-electron chi connectivity index (χ3n) is 2.02. The van der Waals surface area contributed by atoms with Gasteiger partial charge in [0, 0.05) is 19.6 Å². The molecule has 2 unspecified atom stereocenters. The number of carbonyl (C=O) groups excluding carboxylic acids is 1. The molecule has 1 heterocycles. The highest BCUT2D eigenvalue weighted by atomic mass is 16.3. The number of aliphatic hydroxyl groups excluding tert-OH is 1. The van der Waals surface area contributed by atoms with Crippen molar-refractivity contribution >= 4 is 6.41 Å². The van der Waals surface area contributed by atoms with Gasteiger partial charge in [0.15, 0.2) is 0 Å². The van der Waals surface area contributed by atoms with Crippen molar-refractivity contribution < 1.29 is 9.90 Å². The third-order valence-corrected chi connectivity index (χ3v) is 2.02. The number of nitrogens with zero attached hydrogens (tertiary/aromatic N) is 1. The summed E-state index contributed by atoms with van der Waals surface area (Å²) >= 11 is 0. The molecule has 4 nitrogen and oxygen atoms in total. The van der Waals surface area contributed by atoms with E-state index < -0.39 is 6.10 Å². The zero-order valence-electron chi connectivity index (χ0n) is 6.66.